The summed E-state index contributed by atoms with van der Waals surface area (Å²) in [5.41, 5.74) is 2.34. The van der Waals surface area contributed by atoms with Gasteiger partial charge in [-0.15, -0.1) is 0 Å². The van der Waals surface area contributed by atoms with E-state index >= 15 is 0 Å². The number of rotatable bonds is 7. The molecule has 1 rings (SSSR count). The number of nitrogens with one attached hydrogen (secondary N) is 1. The normalized spacial score (nSPS) is 16.4. The first kappa shape index (κ1) is 16.2. The van der Waals surface area contributed by atoms with Gasteiger partial charge in [0.1, 0.15) is 0 Å². The molecular weight excluding hydrogens is 234 g/mol. The second-order valence-electron chi connectivity index (χ2n) is 6.05. The summed E-state index contributed by atoms with van der Waals surface area (Å²) in [6.45, 7) is 10.8. The van der Waals surface area contributed by atoms with Crippen LogP contribution in [-0.4, -0.2) is 17.2 Å². The molecule has 0 aliphatic carbocycles. The number of benzene rings is 1. The van der Waals surface area contributed by atoms with Gasteiger partial charge in [0, 0.05) is 12.1 Å². The van der Waals surface area contributed by atoms with Gasteiger partial charge in [-0.2, -0.15) is 0 Å². The fraction of sp³-hybridized carbons (Fsp3) is 0.647. The average Bonchev–Trinajstić information content (AvgIpc) is 2.37. The molecule has 0 heterocycles. The Balaban J connectivity index is 2.64. The monoisotopic (exact) mass is 263 g/mol. The third-order valence-electron chi connectivity index (χ3n) is 3.60. The van der Waals surface area contributed by atoms with Crippen LogP contribution >= 0.6 is 0 Å². The van der Waals surface area contributed by atoms with Crippen LogP contribution in [0.15, 0.2) is 24.3 Å². The molecule has 0 saturated carbocycles. The van der Waals surface area contributed by atoms with Gasteiger partial charge in [0.25, 0.3) is 0 Å². The van der Waals surface area contributed by atoms with Crippen molar-refractivity contribution in [1.82, 2.24) is 5.32 Å². The number of aliphatic hydroxyl groups excluding tert-OH is 1. The Kier molecular flexibility index (Phi) is 6.53. The van der Waals surface area contributed by atoms with E-state index in [0.717, 1.165) is 18.4 Å². The predicted octanol–water partition coefficient (Wildman–Crippen LogP) is 3.70. The van der Waals surface area contributed by atoms with Crippen molar-refractivity contribution >= 4 is 0 Å². The maximum Gasteiger partial charge on any atom is 0.0940 e. The predicted molar refractivity (Wildman–Crippen MR) is 82.3 cm³/mol. The first-order valence-electron chi connectivity index (χ1n) is 7.47. The molecule has 0 aliphatic heterocycles. The summed E-state index contributed by atoms with van der Waals surface area (Å²) in [4.78, 5) is 0. The molecule has 0 bridgehead atoms. The highest BCUT2D eigenvalue weighted by molar-refractivity contribution is 5.25. The highest BCUT2D eigenvalue weighted by atomic mass is 16.3. The Morgan fingerprint density at radius 2 is 1.63 bits per heavy atom. The molecule has 0 fully saturated rings. The molecule has 0 aliphatic rings. The zero-order valence-electron chi connectivity index (χ0n) is 13.0. The molecule has 108 valence electrons. The molecule has 1 aromatic rings. The molecule has 0 saturated heterocycles. The molecule has 3 unspecified atom stereocenters. The van der Waals surface area contributed by atoms with E-state index in [-0.39, 0.29) is 6.04 Å². The highest BCUT2D eigenvalue weighted by Gasteiger charge is 2.17. The lowest BCUT2D eigenvalue weighted by molar-refractivity contribution is 0.130. The standard InChI is InChI=1S/C17H29NO/c1-6-13(4)18-14(5)17(19)16-9-7-15(8-10-16)11-12(2)3/h7-10,12-14,17-19H,6,11H2,1-5H3. The van der Waals surface area contributed by atoms with Crippen molar-refractivity contribution in [3.63, 3.8) is 0 Å². The van der Waals surface area contributed by atoms with Crippen molar-refractivity contribution in [3.05, 3.63) is 35.4 Å². The van der Waals surface area contributed by atoms with E-state index in [9.17, 15) is 5.11 Å². The molecular formula is C17H29NO. The molecule has 19 heavy (non-hydrogen) atoms. The first-order chi connectivity index (χ1) is 8.93. The number of aliphatic hydroxyl groups is 1. The lowest BCUT2D eigenvalue weighted by Gasteiger charge is -2.24. The topological polar surface area (TPSA) is 32.3 Å². The molecule has 0 spiro atoms. The van der Waals surface area contributed by atoms with Gasteiger partial charge in [0.2, 0.25) is 0 Å². The molecule has 1 aromatic carbocycles. The van der Waals surface area contributed by atoms with Crippen LogP contribution < -0.4 is 5.32 Å². The van der Waals surface area contributed by atoms with Crippen molar-refractivity contribution in [2.24, 2.45) is 5.92 Å². The second kappa shape index (κ2) is 7.66. The summed E-state index contributed by atoms with van der Waals surface area (Å²) in [5.74, 6) is 0.668. The summed E-state index contributed by atoms with van der Waals surface area (Å²) in [5, 5.41) is 13.8. The fourth-order valence-corrected chi connectivity index (χ4v) is 2.27. The maximum atomic E-state index is 10.3. The summed E-state index contributed by atoms with van der Waals surface area (Å²) in [6, 6.07) is 8.88. The van der Waals surface area contributed by atoms with Gasteiger partial charge in [-0.25, -0.2) is 0 Å². The van der Waals surface area contributed by atoms with Gasteiger partial charge in [-0.05, 0) is 43.7 Å². The Morgan fingerprint density at radius 3 is 2.11 bits per heavy atom. The smallest absolute Gasteiger partial charge is 0.0940 e. The van der Waals surface area contributed by atoms with E-state index in [2.05, 4.69) is 57.3 Å². The Labute approximate surface area is 118 Å². The van der Waals surface area contributed by atoms with Crippen LogP contribution in [-0.2, 0) is 6.42 Å². The van der Waals surface area contributed by atoms with E-state index < -0.39 is 6.10 Å². The van der Waals surface area contributed by atoms with Gasteiger partial charge >= 0.3 is 0 Å². The van der Waals surface area contributed by atoms with Gasteiger partial charge in [0.15, 0.2) is 0 Å². The summed E-state index contributed by atoms with van der Waals surface area (Å²) >= 11 is 0. The third-order valence-corrected chi connectivity index (χ3v) is 3.60. The van der Waals surface area contributed by atoms with Crippen LogP contribution in [0.1, 0.15) is 58.3 Å². The van der Waals surface area contributed by atoms with Crippen LogP contribution in [0, 0.1) is 5.92 Å². The van der Waals surface area contributed by atoms with E-state index in [1.54, 1.807) is 0 Å². The molecule has 2 heteroatoms. The quantitative estimate of drug-likeness (QED) is 0.786. The lowest BCUT2D eigenvalue weighted by atomic mass is 9.98. The van der Waals surface area contributed by atoms with E-state index in [0.29, 0.717) is 12.0 Å². The van der Waals surface area contributed by atoms with E-state index in [4.69, 9.17) is 0 Å². The highest BCUT2D eigenvalue weighted by Crippen LogP contribution is 2.19. The van der Waals surface area contributed by atoms with Crippen LogP contribution in [0.5, 0.6) is 0 Å². The Hall–Kier alpha value is -0.860. The maximum absolute atomic E-state index is 10.3. The van der Waals surface area contributed by atoms with E-state index in [1.807, 2.05) is 6.92 Å². The summed E-state index contributed by atoms with van der Waals surface area (Å²) in [7, 11) is 0. The van der Waals surface area contributed by atoms with Crippen molar-refractivity contribution in [2.45, 2.75) is 65.6 Å². The molecule has 3 atom stereocenters. The summed E-state index contributed by atoms with van der Waals surface area (Å²) < 4.78 is 0. The minimum atomic E-state index is -0.443. The van der Waals surface area contributed by atoms with Gasteiger partial charge in [-0.1, -0.05) is 45.0 Å². The third kappa shape index (κ3) is 5.33. The second-order valence-corrected chi connectivity index (χ2v) is 6.05. The molecule has 0 amide bonds. The van der Waals surface area contributed by atoms with Crippen molar-refractivity contribution in [2.75, 3.05) is 0 Å². The fourth-order valence-electron chi connectivity index (χ4n) is 2.27. The lowest BCUT2D eigenvalue weighted by Crippen LogP contribution is -2.38. The molecule has 2 nitrogen and oxygen atoms in total. The minimum Gasteiger partial charge on any atom is -0.387 e. The Morgan fingerprint density at radius 1 is 1.05 bits per heavy atom. The van der Waals surface area contributed by atoms with Crippen molar-refractivity contribution < 1.29 is 5.11 Å². The first-order valence-corrected chi connectivity index (χ1v) is 7.47. The Bertz CT molecular complexity index is 358. The zero-order valence-corrected chi connectivity index (χ0v) is 13.0. The van der Waals surface area contributed by atoms with Crippen LogP contribution in [0.25, 0.3) is 0 Å². The van der Waals surface area contributed by atoms with Crippen molar-refractivity contribution in [3.8, 4) is 0 Å². The largest absolute Gasteiger partial charge is 0.387 e. The van der Waals surface area contributed by atoms with Crippen LogP contribution in [0.4, 0.5) is 0 Å². The van der Waals surface area contributed by atoms with Gasteiger partial charge in [0.05, 0.1) is 6.10 Å². The van der Waals surface area contributed by atoms with Crippen LogP contribution in [0.3, 0.4) is 0 Å². The molecule has 0 radical (unpaired) electrons. The SMILES string of the molecule is CCC(C)NC(C)C(O)c1ccc(CC(C)C)cc1. The summed E-state index contributed by atoms with van der Waals surface area (Å²) in [6.07, 6.45) is 1.73. The number of hydrogen-bond acceptors (Lipinski definition) is 2. The van der Waals surface area contributed by atoms with E-state index in [1.165, 1.54) is 5.56 Å². The average molecular weight is 263 g/mol. The van der Waals surface area contributed by atoms with Gasteiger partial charge < -0.3 is 10.4 Å². The zero-order chi connectivity index (χ0) is 14.4. The molecule has 0 aromatic heterocycles. The van der Waals surface area contributed by atoms with Crippen LogP contribution in [0.2, 0.25) is 0 Å². The van der Waals surface area contributed by atoms with Crippen molar-refractivity contribution in [1.29, 1.82) is 0 Å². The van der Waals surface area contributed by atoms with Gasteiger partial charge in [-0.3, -0.25) is 0 Å². The number of hydrogen-bond donors (Lipinski definition) is 2. The molecule has 2 N–H and O–H groups in total. The minimum absolute atomic E-state index is 0.0749.